The van der Waals surface area contributed by atoms with Gasteiger partial charge in [-0.1, -0.05) is 22.0 Å². The quantitative estimate of drug-likeness (QED) is 0.488. The molecule has 0 amide bonds. The summed E-state index contributed by atoms with van der Waals surface area (Å²) < 4.78 is 39.5. The number of hydrogen-bond donors (Lipinski definition) is 0. The number of rotatable bonds is 3. The molecule has 0 spiro atoms. The first kappa shape index (κ1) is 12.8. The molecule has 0 aliphatic rings. The lowest BCUT2D eigenvalue weighted by atomic mass is 10.2. The van der Waals surface area contributed by atoms with Crippen LogP contribution >= 0.6 is 15.9 Å². The van der Waals surface area contributed by atoms with Crippen molar-refractivity contribution in [2.24, 2.45) is 0 Å². The van der Waals surface area contributed by atoms with Crippen LogP contribution in [0.2, 0.25) is 0 Å². The smallest absolute Gasteiger partial charge is 0.398 e. The average molecular weight is 300 g/mol. The van der Waals surface area contributed by atoms with Gasteiger partial charge in [0.25, 0.3) is 0 Å². The second-order valence-electron chi connectivity index (χ2n) is 2.74. The molecule has 0 fully saturated rings. The van der Waals surface area contributed by atoms with Gasteiger partial charge in [-0.05, 0) is 11.6 Å². The third-order valence-corrected chi connectivity index (χ3v) is 2.25. The lowest BCUT2D eigenvalue weighted by Crippen LogP contribution is -2.18. The molecule has 8 heteroatoms. The van der Waals surface area contributed by atoms with Crippen molar-refractivity contribution in [2.75, 3.05) is 0 Å². The summed E-state index contributed by atoms with van der Waals surface area (Å²) >= 11 is 3.03. The maximum Gasteiger partial charge on any atom is 0.573 e. The van der Waals surface area contributed by atoms with Crippen LogP contribution < -0.4 is 4.74 Å². The van der Waals surface area contributed by atoms with Crippen LogP contribution in [-0.2, 0) is 5.33 Å². The van der Waals surface area contributed by atoms with Crippen LogP contribution in [0.1, 0.15) is 5.56 Å². The highest BCUT2D eigenvalue weighted by Crippen LogP contribution is 2.33. The summed E-state index contributed by atoms with van der Waals surface area (Å²) in [4.78, 5) is 9.52. The molecule has 0 radical (unpaired) electrons. The van der Waals surface area contributed by atoms with E-state index in [2.05, 4.69) is 20.7 Å². The van der Waals surface area contributed by atoms with Crippen molar-refractivity contribution in [3.8, 4) is 5.75 Å². The van der Waals surface area contributed by atoms with Gasteiger partial charge in [0, 0.05) is 11.4 Å². The van der Waals surface area contributed by atoms with Gasteiger partial charge >= 0.3 is 12.0 Å². The molecular weight excluding hydrogens is 295 g/mol. The molecule has 0 aliphatic carbocycles. The highest BCUT2D eigenvalue weighted by atomic mass is 79.9. The topological polar surface area (TPSA) is 52.4 Å². The third-order valence-electron chi connectivity index (χ3n) is 1.60. The summed E-state index contributed by atoms with van der Waals surface area (Å²) in [6.45, 7) is 0. The van der Waals surface area contributed by atoms with Gasteiger partial charge in [0.05, 0.1) is 4.92 Å². The first-order valence-corrected chi connectivity index (χ1v) is 5.04. The van der Waals surface area contributed by atoms with E-state index in [4.69, 9.17) is 0 Å². The molecule has 0 saturated carbocycles. The van der Waals surface area contributed by atoms with E-state index in [-0.39, 0.29) is 5.33 Å². The Morgan fingerprint density at radius 3 is 2.50 bits per heavy atom. The van der Waals surface area contributed by atoms with Crippen molar-refractivity contribution in [2.45, 2.75) is 11.7 Å². The number of benzene rings is 1. The second kappa shape index (κ2) is 4.69. The molecule has 0 unspecified atom stereocenters. The predicted molar refractivity (Wildman–Crippen MR) is 52.4 cm³/mol. The highest BCUT2D eigenvalue weighted by molar-refractivity contribution is 9.08. The summed E-state index contributed by atoms with van der Waals surface area (Å²) in [6, 6.07) is 3.29. The van der Waals surface area contributed by atoms with Gasteiger partial charge in [-0.25, -0.2) is 0 Å². The Labute approximate surface area is 96.3 Å². The molecule has 16 heavy (non-hydrogen) atoms. The van der Waals surface area contributed by atoms with Gasteiger partial charge < -0.3 is 4.74 Å². The SMILES string of the molecule is O=[N+]([O-])c1ccc(CBr)cc1OC(F)(F)F. The van der Waals surface area contributed by atoms with Crippen LogP contribution in [0.25, 0.3) is 0 Å². The lowest BCUT2D eigenvalue weighted by molar-refractivity contribution is -0.388. The Morgan fingerprint density at radius 2 is 2.06 bits per heavy atom. The molecule has 0 bridgehead atoms. The van der Waals surface area contributed by atoms with Crippen LogP contribution in [0.15, 0.2) is 18.2 Å². The van der Waals surface area contributed by atoms with Crippen molar-refractivity contribution >= 4 is 21.6 Å². The van der Waals surface area contributed by atoms with Gasteiger partial charge in [-0.3, -0.25) is 10.1 Å². The Bertz CT molecular complexity index is 408. The van der Waals surface area contributed by atoms with Crippen molar-refractivity contribution < 1.29 is 22.8 Å². The van der Waals surface area contributed by atoms with Crippen LogP contribution in [0.3, 0.4) is 0 Å². The molecule has 0 aliphatic heterocycles. The van der Waals surface area contributed by atoms with Gasteiger partial charge in [-0.15, -0.1) is 13.2 Å². The zero-order chi connectivity index (χ0) is 12.3. The number of ether oxygens (including phenoxy) is 1. The Balaban J connectivity index is 3.15. The number of nitro groups is 1. The van der Waals surface area contributed by atoms with E-state index < -0.39 is 22.7 Å². The average Bonchev–Trinajstić information content (AvgIpc) is 2.14. The first-order chi connectivity index (χ1) is 7.33. The maximum absolute atomic E-state index is 12.0. The second-order valence-corrected chi connectivity index (χ2v) is 3.30. The van der Waals surface area contributed by atoms with E-state index in [0.717, 1.165) is 12.1 Å². The summed E-state index contributed by atoms with van der Waals surface area (Å²) in [7, 11) is 0. The van der Waals surface area contributed by atoms with Crippen molar-refractivity contribution in [3.63, 3.8) is 0 Å². The number of hydrogen-bond acceptors (Lipinski definition) is 3. The molecule has 1 rings (SSSR count). The van der Waals surface area contributed by atoms with Gasteiger partial charge in [0.15, 0.2) is 0 Å². The number of nitrogens with zero attached hydrogens (tertiary/aromatic N) is 1. The van der Waals surface area contributed by atoms with Crippen molar-refractivity contribution in [1.82, 2.24) is 0 Å². The fourth-order valence-corrected chi connectivity index (χ4v) is 1.35. The minimum absolute atomic E-state index is 0.277. The summed E-state index contributed by atoms with van der Waals surface area (Å²) in [6.07, 6.45) is -4.95. The molecule has 88 valence electrons. The minimum atomic E-state index is -4.95. The van der Waals surface area contributed by atoms with E-state index >= 15 is 0 Å². The van der Waals surface area contributed by atoms with E-state index in [1.165, 1.54) is 6.07 Å². The molecule has 0 heterocycles. The van der Waals surface area contributed by atoms with Crippen molar-refractivity contribution in [1.29, 1.82) is 0 Å². The Kier molecular flexibility index (Phi) is 3.74. The van der Waals surface area contributed by atoms with Crippen LogP contribution in [0.5, 0.6) is 5.75 Å². The Hall–Kier alpha value is -1.31. The molecule has 0 N–H and O–H groups in total. The van der Waals surface area contributed by atoms with Gasteiger partial charge in [0.2, 0.25) is 5.75 Å². The summed E-state index contributed by atoms with van der Waals surface area (Å²) in [5.41, 5.74) is -0.271. The fraction of sp³-hybridized carbons (Fsp3) is 0.250. The monoisotopic (exact) mass is 299 g/mol. The lowest BCUT2D eigenvalue weighted by Gasteiger charge is -2.09. The predicted octanol–water partition coefficient (Wildman–Crippen LogP) is 3.39. The third kappa shape index (κ3) is 3.37. The number of nitro benzene ring substituents is 1. The van der Waals surface area contributed by atoms with Gasteiger partial charge in [-0.2, -0.15) is 0 Å². The summed E-state index contributed by atoms with van der Waals surface area (Å²) in [5.74, 6) is -0.811. The molecular formula is C8H5BrF3NO3. The number of halogens is 4. The van der Waals surface area contributed by atoms with E-state index in [1.54, 1.807) is 0 Å². The van der Waals surface area contributed by atoms with E-state index in [1.807, 2.05) is 0 Å². The van der Waals surface area contributed by atoms with E-state index in [9.17, 15) is 23.3 Å². The van der Waals surface area contributed by atoms with Crippen LogP contribution in [0.4, 0.5) is 18.9 Å². The standard InChI is InChI=1S/C8H5BrF3NO3/c9-4-5-1-2-6(13(14)15)7(3-5)16-8(10,11)12/h1-3H,4H2. The minimum Gasteiger partial charge on any atom is -0.398 e. The van der Waals surface area contributed by atoms with E-state index in [0.29, 0.717) is 5.56 Å². The molecule has 0 saturated heterocycles. The first-order valence-electron chi connectivity index (χ1n) is 3.92. The molecule has 0 aromatic heterocycles. The Morgan fingerprint density at radius 1 is 1.44 bits per heavy atom. The zero-order valence-corrected chi connectivity index (χ0v) is 9.21. The van der Waals surface area contributed by atoms with Gasteiger partial charge in [0.1, 0.15) is 0 Å². The van der Waals surface area contributed by atoms with Crippen LogP contribution in [-0.4, -0.2) is 11.3 Å². The number of alkyl halides is 4. The summed E-state index contributed by atoms with van der Waals surface area (Å²) in [5, 5.41) is 10.7. The molecule has 1 aromatic rings. The van der Waals surface area contributed by atoms with Crippen LogP contribution in [0, 0.1) is 10.1 Å². The highest BCUT2D eigenvalue weighted by Gasteiger charge is 2.34. The largest absolute Gasteiger partial charge is 0.573 e. The molecule has 0 atom stereocenters. The normalized spacial score (nSPS) is 11.2. The zero-order valence-electron chi connectivity index (χ0n) is 7.62. The molecule has 4 nitrogen and oxygen atoms in total. The molecule has 1 aromatic carbocycles. The van der Waals surface area contributed by atoms with Crippen molar-refractivity contribution in [3.05, 3.63) is 33.9 Å². The fourth-order valence-electron chi connectivity index (χ4n) is 0.999. The maximum atomic E-state index is 12.0.